The summed E-state index contributed by atoms with van der Waals surface area (Å²) >= 11 is 0. The van der Waals surface area contributed by atoms with Crippen LogP contribution < -0.4 is 5.32 Å². The Labute approximate surface area is 116 Å². The molecule has 108 valence electrons. The first-order chi connectivity index (χ1) is 9.63. The van der Waals surface area contributed by atoms with Crippen LogP contribution >= 0.6 is 0 Å². The van der Waals surface area contributed by atoms with Crippen molar-refractivity contribution < 1.29 is 9.34 Å². The van der Waals surface area contributed by atoms with Crippen molar-refractivity contribution in [3.05, 3.63) is 40.0 Å². The second-order valence-corrected chi connectivity index (χ2v) is 4.52. The lowest BCUT2D eigenvalue weighted by Crippen LogP contribution is -2.11. The van der Waals surface area contributed by atoms with Crippen LogP contribution in [0.15, 0.2) is 22.8 Å². The quantitative estimate of drug-likeness (QED) is 0.621. The van der Waals surface area contributed by atoms with E-state index >= 15 is 0 Å². The molecule has 0 saturated carbocycles. The molecule has 2 aromatic heterocycles. The summed E-state index contributed by atoms with van der Waals surface area (Å²) in [6, 6.07) is 3.70. The van der Waals surface area contributed by atoms with Crippen molar-refractivity contribution in [1.82, 2.24) is 9.78 Å². The van der Waals surface area contributed by atoms with Gasteiger partial charge in [0, 0.05) is 19.5 Å². The molecule has 0 aliphatic rings. The van der Waals surface area contributed by atoms with Gasteiger partial charge in [0.1, 0.15) is 11.5 Å². The molecular weight excluding hydrogens is 260 g/mol. The molecule has 0 aromatic carbocycles. The van der Waals surface area contributed by atoms with Crippen molar-refractivity contribution in [2.24, 2.45) is 0 Å². The van der Waals surface area contributed by atoms with Gasteiger partial charge in [0.05, 0.1) is 11.2 Å². The number of furan rings is 1. The Hall–Kier alpha value is -2.31. The van der Waals surface area contributed by atoms with Gasteiger partial charge in [-0.2, -0.15) is 5.10 Å². The molecule has 7 heteroatoms. The van der Waals surface area contributed by atoms with E-state index in [-0.39, 0.29) is 10.6 Å². The maximum atomic E-state index is 11.1. The molecule has 20 heavy (non-hydrogen) atoms. The summed E-state index contributed by atoms with van der Waals surface area (Å²) in [4.78, 5) is 10.8. The van der Waals surface area contributed by atoms with Crippen molar-refractivity contribution >= 4 is 11.5 Å². The zero-order chi connectivity index (χ0) is 14.5. The van der Waals surface area contributed by atoms with Crippen molar-refractivity contribution in [1.29, 1.82) is 0 Å². The van der Waals surface area contributed by atoms with Gasteiger partial charge in [-0.15, -0.1) is 0 Å². The minimum Gasteiger partial charge on any atom is -0.469 e. The highest BCUT2D eigenvalue weighted by Gasteiger charge is 2.24. The monoisotopic (exact) mass is 278 g/mol. The van der Waals surface area contributed by atoms with Gasteiger partial charge in [-0.05, 0) is 25.5 Å². The van der Waals surface area contributed by atoms with E-state index in [1.54, 1.807) is 17.9 Å². The molecule has 0 bridgehead atoms. The average molecular weight is 278 g/mol. The SMILES string of the molecule is CCCn1nc(C)c([N+](=O)[O-])c1NCCc1ccco1. The molecule has 0 spiro atoms. The number of hydrogen-bond donors (Lipinski definition) is 1. The topological polar surface area (TPSA) is 86.1 Å². The molecule has 1 N–H and O–H groups in total. The predicted molar refractivity (Wildman–Crippen MR) is 74.8 cm³/mol. The normalized spacial score (nSPS) is 10.7. The number of hydrogen-bond acceptors (Lipinski definition) is 5. The maximum absolute atomic E-state index is 11.1. The lowest BCUT2D eigenvalue weighted by Gasteiger charge is -2.07. The number of nitro groups is 1. The van der Waals surface area contributed by atoms with E-state index in [2.05, 4.69) is 10.4 Å². The molecule has 0 radical (unpaired) electrons. The van der Waals surface area contributed by atoms with Gasteiger partial charge in [-0.3, -0.25) is 10.1 Å². The van der Waals surface area contributed by atoms with Gasteiger partial charge in [-0.25, -0.2) is 4.68 Å². The summed E-state index contributed by atoms with van der Waals surface area (Å²) in [5.74, 6) is 1.32. The smallest absolute Gasteiger partial charge is 0.333 e. The Morgan fingerprint density at radius 3 is 2.95 bits per heavy atom. The van der Waals surface area contributed by atoms with Gasteiger partial charge in [0.25, 0.3) is 0 Å². The van der Waals surface area contributed by atoms with Crippen LogP contribution in [0.2, 0.25) is 0 Å². The predicted octanol–water partition coefficient (Wildman–Crippen LogP) is 2.76. The van der Waals surface area contributed by atoms with Gasteiger partial charge in [0.15, 0.2) is 0 Å². The van der Waals surface area contributed by atoms with Crippen molar-refractivity contribution in [3.8, 4) is 0 Å². The molecule has 7 nitrogen and oxygen atoms in total. The van der Waals surface area contributed by atoms with E-state index in [9.17, 15) is 10.1 Å². The number of rotatable bonds is 7. The molecule has 0 aliphatic carbocycles. The van der Waals surface area contributed by atoms with E-state index in [0.717, 1.165) is 12.2 Å². The van der Waals surface area contributed by atoms with Crippen LogP contribution in [-0.2, 0) is 13.0 Å². The van der Waals surface area contributed by atoms with Gasteiger partial charge < -0.3 is 9.73 Å². The molecule has 0 atom stereocenters. The lowest BCUT2D eigenvalue weighted by atomic mass is 10.3. The largest absolute Gasteiger partial charge is 0.469 e. The Balaban J connectivity index is 2.13. The fourth-order valence-electron chi connectivity index (χ4n) is 2.10. The third kappa shape index (κ3) is 2.98. The van der Waals surface area contributed by atoms with Crippen LogP contribution in [0.3, 0.4) is 0 Å². The van der Waals surface area contributed by atoms with Gasteiger partial charge in [-0.1, -0.05) is 6.92 Å². The van der Waals surface area contributed by atoms with E-state index < -0.39 is 0 Å². The van der Waals surface area contributed by atoms with E-state index in [4.69, 9.17) is 4.42 Å². The van der Waals surface area contributed by atoms with Crippen LogP contribution in [0.4, 0.5) is 11.5 Å². The van der Waals surface area contributed by atoms with Crippen molar-refractivity contribution in [2.45, 2.75) is 33.2 Å². The second kappa shape index (κ2) is 6.23. The number of nitrogens with zero attached hydrogens (tertiary/aromatic N) is 3. The molecular formula is C13H18N4O3. The highest BCUT2D eigenvalue weighted by molar-refractivity contribution is 5.59. The molecule has 2 rings (SSSR count). The van der Waals surface area contributed by atoms with E-state index in [1.807, 2.05) is 19.1 Å². The summed E-state index contributed by atoms with van der Waals surface area (Å²) in [6.07, 6.45) is 3.15. The van der Waals surface area contributed by atoms with Crippen LogP contribution in [0.25, 0.3) is 0 Å². The lowest BCUT2D eigenvalue weighted by molar-refractivity contribution is -0.384. The number of aromatic nitrogens is 2. The summed E-state index contributed by atoms with van der Waals surface area (Å²) in [5, 5.41) is 18.5. The Kier molecular flexibility index (Phi) is 4.39. The standard InChI is InChI=1S/C13H18N4O3/c1-3-8-16-13(12(17(18)19)10(2)15-16)14-7-6-11-5-4-9-20-11/h4-5,9,14H,3,6-8H2,1-2H3. The highest BCUT2D eigenvalue weighted by atomic mass is 16.6. The van der Waals surface area contributed by atoms with Crippen LogP contribution in [0.5, 0.6) is 0 Å². The Morgan fingerprint density at radius 2 is 2.35 bits per heavy atom. The second-order valence-electron chi connectivity index (χ2n) is 4.52. The number of aryl methyl sites for hydroxylation is 2. The first-order valence-corrected chi connectivity index (χ1v) is 6.61. The molecule has 2 aromatic rings. The summed E-state index contributed by atoms with van der Waals surface area (Å²) < 4.78 is 6.90. The number of nitrogens with one attached hydrogen (secondary N) is 1. The van der Waals surface area contributed by atoms with Crippen molar-refractivity contribution in [3.63, 3.8) is 0 Å². The van der Waals surface area contributed by atoms with Gasteiger partial charge >= 0.3 is 5.69 Å². The van der Waals surface area contributed by atoms with Gasteiger partial charge in [0.2, 0.25) is 5.82 Å². The number of anilines is 1. The molecule has 2 heterocycles. The Morgan fingerprint density at radius 1 is 1.55 bits per heavy atom. The van der Waals surface area contributed by atoms with Crippen molar-refractivity contribution in [2.75, 3.05) is 11.9 Å². The third-order valence-electron chi connectivity index (χ3n) is 2.96. The van der Waals surface area contributed by atoms with Crippen LogP contribution in [0.1, 0.15) is 24.8 Å². The summed E-state index contributed by atoms with van der Waals surface area (Å²) in [5.41, 5.74) is 0.488. The Bertz CT molecular complexity index is 575. The highest BCUT2D eigenvalue weighted by Crippen LogP contribution is 2.28. The zero-order valence-electron chi connectivity index (χ0n) is 11.6. The maximum Gasteiger partial charge on any atom is 0.333 e. The third-order valence-corrected chi connectivity index (χ3v) is 2.96. The fraction of sp³-hybridized carbons (Fsp3) is 0.462. The first kappa shape index (κ1) is 14.1. The van der Waals surface area contributed by atoms with Crippen LogP contribution in [0, 0.1) is 17.0 Å². The van der Waals surface area contributed by atoms with E-state index in [0.29, 0.717) is 31.0 Å². The molecule has 0 amide bonds. The minimum atomic E-state index is -0.385. The summed E-state index contributed by atoms with van der Waals surface area (Å²) in [7, 11) is 0. The molecule has 0 unspecified atom stereocenters. The molecule has 0 saturated heterocycles. The first-order valence-electron chi connectivity index (χ1n) is 6.61. The zero-order valence-corrected chi connectivity index (χ0v) is 11.6. The average Bonchev–Trinajstić information content (AvgIpc) is 2.99. The van der Waals surface area contributed by atoms with Crippen LogP contribution in [-0.4, -0.2) is 21.2 Å². The summed E-state index contributed by atoms with van der Waals surface area (Å²) in [6.45, 7) is 4.87. The fourth-order valence-corrected chi connectivity index (χ4v) is 2.10. The van der Waals surface area contributed by atoms with E-state index in [1.165, 1.54) is 0 Å². The minimum absolute atomic E-state index is 0.0536. The molecule has 0 aliphatic heterocycles. The molecule has 0 fully saturated rings.